The number of thiophene rings is 1. The summed E-state index contributed by atoms with van der Waals surface area (Å²) in [5.74, 6) is -0.0485. The van der Waals surface area contributed by atoms with E-state index >= 15 is 0 Å². The van der Waals surface area contributed by atoms with E-state index in [-0.39, 0.29) is 30.3 Å². The van der Waals surface area contributed by atoms with Crippen LogP contribution in [-0.4, -0.2) is 40.2 Å². The van der Waals surface area contributed by atoms with Crippen LogP contribution in [0.4, 0.5) is 0 Å². The van der Waals surface area contributed by atoms with E-state index in [4.69, 9.17) is 5.73 Å². The Bertz CT molecular complexity index is 768. The minimum absolute atomic E-state index is 0. The maximum absolute atomic E-state index is 12.5. The molecule has 2 heterocycles. The second-order valence-electron chi connectivity index (χ2n) is 6.78. The van der Waals surface area contributed by atoms with Crippen LogP contribution in [-0.2, 0) is 11.8 Å². The zero-order valence-electron chi connectivity index (χ0n) is 15.2. The van der Waals surface area contributed by atoms with Crippen LogP contribution in [0.3, 0.4) is 0 Å². The largest absolute Gasteiger partial charge is 0.351 e. The lowest BCUT2D eigenvalue weighted by Gasteiger charge is -2.22. The SMILES string of the molecule is Cc1nn(C)c2sc(C(=O)NC(C)C(=O)NC3CCCC3CN)cc12.Cl. The van der Waals surface area contributed by atoms with E-state index in [1.54, 1.807) is 11.6 Å². The van der Waals surface area contributed by atoms with Crippen LogP contribution in [0.25, 0.3) is 10.2 Å². The van der Waals surface area contributed by atoms with Crippen molar-refractivity contribution < 1.29 is 9.59 Å². The zero-order chi connectivity index (χ0) is 18.1. The summed E-state index contributed by atoms with van der Waals surface area (Å²) >= 11 is 1.38. The summed E-state index contributed by atoms with van der Waals surface area (Å²) in [6.45, 7) is 4.21. The zero-order valence-corrected chi connectivity index (χ0v) is 16.9. The number of rotatable bonds is 5. The fraction of sp³-hybridized carbons (Fsp3) is 0.588. The molecular weight excluding hydrogens is 374 g/mol. The fourth-order valence-corrected chi connectivity index (χ4v) is 4.49. The van der Waals surface area contributed by atoms with Gasteiger partial charge < -0.3 is 16.4 Å². The highest BCUT2D eigenvalue weighted by Gasteiger charge is 2.29. The molecule has 0 spiro atoms. The van der Waals surface area contributed by atoms with Gasteiger partial charge >= 0.3 is 0 Å². The van der Waals surface area contributed by atoms with Crippen LogP contribution >= 0.6 is 23.7 Å². The number of hydrogen-bond donors (Lipinski definition) is 3. The van der Waals surface area contributed by atoms with Crippen LogP contribution in [0, 0.1) is 12.8 Å². The minimum atomic E-state index is -0.587. The Morgan fingerprint density at radius 2 is 2.19 bits per heavy atom. The number of nitrogens with two attached hydrogens (primary N) is 1. The Morgan fingerprint density at radius 3 is 2.85 bits per heavy atom. The third kappa shape index (κ3) is 4.02. The van der Waals surface area contributed by atoms with Crippen molar-refractivity contribution in [2.24, 2.45) is 18.7 Å². The molecule has 2 amide bonds. The predicted molar refractivity (Wildman–Crippen MR) is 106 cm³/mol. The second-order valence-corrected chi connectivity index (χ2v) is 7.81. The van der Waals surface area contributed by atoms with Crippen molar-refractivity contribution in [1.29, 1.82) is 0 Å². The van der Waals surface area contributed by atoms with Gasteiger partial charge in [0, 0.05) is 18.5 Å². The average Bonchev–Trinajstić information content (AvgIpc) is 3.25. The molecule has 144 valence electrons. The number of carbonyl (C=O) groups is 2. The van der Waals surface area contributed by atoms with Gasteiger partial charge in [-0.1, -0.05) is 6.42 Å². The van der Waals surface area contributed by atoms with Gasteiger partial charge in [0.2, 0.25) is 5.91 Å². The van der Waals surface area contributed by atoms with Crippen molar-refractivity contribution in [2.75, 3.05) is 6.54 Å². The molecule has 3 atom stereocenters. The Labute approximate surface area is 163 Å². The smallest absolute Gasteiger partial charge is 0.262 e. The summed E-state index contributed by atoms with van der Waals surface area (Å²) < 4.78 is 1.77. The first-order valence-electron chi connectivity index (χ1n) is 8.65. The lowest BCUT2D eigenvalue weighted by atomic mass is 10.0. The molecule has 1 fully saturated rings. The summed E-state index contributed by atoms with van der Waals surface area (Å²) in [6, 6.07) is 1.37. The van der Waals surface area contributed by atoms with E-state index in [1.807, 2.05) is 20.0 Å². The molecule has 4 N–H and O–H groups in total. The molecule has 1 aliphatic rings. The molecule has 2 aromatic heterocycles. The van der Waals surface area contributed by atoms with Crippen LogP contribution in [0.5, 0.6) is 0 Å². The molecule has 9 heteroatoms. The quantitative estimate of drug-likeness (QED) is 0.712. The highest BCUT2D eigenvalue weighted by molar-refractivity contribution is 7.20. The molecule has 0 bridgehead atoms. The van der Waals surface area contributed by atoms with Crippen molar-refractivity contribution in [2.45, 2.75) is 45.2 Å². The first-order valence-corrected chi connectivity index (χ1v) is 9.46. The predicted octanol–water partition coefficient (Wildman–Crippen LogP) is 1.73. The number of aromatic nitrogens is 2. The lowest BCUT2D eigenvalue weighted by Crippen LogP contribution is -2.49. The normalized spacial score (nSPS) is 20.6. The summed E-state index contributed by atoms with van der Waals surface area (Å²) in [7, 11) is 1.86. The molecule has 3 unspecified atom stereocenters. The Balaban J connectivity index is 0.00000243. The van der Waals surface area contributed by atoms with Gasteiger partial charge in [-0.3, -0.25) is 14.3 Å². The molecule has 1 aliphatic carbocycles. The molecule has 0 aromatic carbocycles. The number of amides is 2. The van der Waals surface area contributed by atoms with Gasteiger partial charge in [-0.25, -0.2) is 0 Å². The van der Waals surface area contributed by atoms with E-state index in [0.717, 1.165) is 35.2 Å². The molecule has 1 saturated carbocycles. The summed E-state index contributed by atoms with van der Waals surface area (Å²) in [4.78, 5) is 26.4. The topological polar surface area (TPSA) is 102 Å². The van der Waals surface area contributed by atoms with E-state index < -0.39 is 6.04 Å². The second kappa shape index (κ2) is 8.37. The molecular formula is C17H26ClN5O2S. The van der Waals surface area contributed by atoms with Gasteiger partial charge in [0.1, 0.15) is 10.9 Å². The number of halogens is 1. The van der Waals surface area contributed by atoms with Gasteiger partial charge in [0.25, 0.3) is 5.91 Å². The Hall–Kier alpha value is -1.64. The molecule has 0 radical (unpaired) electrons. The van der Waals surface area contributed by atoms with Crippen LogP contribution in [0.1, 0.15) is 41.6 Å². The van der Waals surface area contributed by atoms with Crippen molar-refractivity contribution >= 4 is 45.8 Å². The first kappa shape index (κ1) is 20.7. The van der Waals surface area contributed by atoms with E-state index in [9.17, 15) is 9.59 Å². The van der Waals surface area contributed by atoms with Crippen molar-refractivity contribution in [3.05, 3.63) is 16.6 Å². The molecule has 0 aliphatic heterocycles. The molecule has 26 heavy (non-hydrogen) atoms. The first-order chi connectivity index (χ1) is 11.9. The lowest BCUT2D eigenvalue weighted by molar-refractivity contribution is -0.123. The average molecular weight is 400 g/mol. The molecule has 2 aromatic rings. The van der Waals surface area contributed by atoms with E-state index in [1.165, 1.54) is 11.3 Å². The number of aryl methyl sites for hydroxylation is 2. The third-order valence-electron chi connectivity index (χ3n) is 4.95. The molecule has 7 nitrogen and oxygen atoms in total. The highest BCUT2D eigenvalue weighted by atomic mass is 35.5. The minimum Gasteiger partial charge on any atom is -0.351 e. The molecule has 0 saturated heterocycles. The van der Waals surface area contributed by atoms with Gasteiger partial charge in [0.05, 0.1) is 10.6 Å². The van der Waals surface area contributed by atoms with Crippen LogP contribution in [0.15, 0.2) is 6.07 Å². The van der Waals surface area contributed by atoms with E-state index in [2.05, 4.69) is 15.7 Å². The maximum atomic E-state index is 12.5. The van der Waals surface area contributed by atoms with E-state index in [0.29, 0.717) is 17.3 Å². The summed E-state index contributed by atoms with van der Waals surface area (Å²) in [5, 5.41) is 11.1. The number of fused-ring (bicyclic) bond motifs is 1. The maximum Gasteiger partial charge on any atom is 0.262 e. The van der Waals surface area contributed by atoms with Crippen molar-refractivity contribution in [1.82, 2.24) is 20.4 Å². The Kier molecular flexibility index (Phi) is 6.65. The van der Waals surface area contributed by atoms with Crippen molar-refractivity contribution in [3.8, 4) is 0 Å². The standard InChI is InChI=1S/C17H25N5O2S.ClH/c1-9-12-7-14(25-17(12)22(3)21-9)16(24)19-10(2)15(23)20-13-6-4-5-11(13)8-18;/h7,10-11,13H,4-6,8,18H2,1-3H3,(H,19,24)(H,20,23);1H. The van der Waals surface area contributed by atoms with Gasteiger partial charge in [0.15, 0.2) is 0 Å². The molecule has 3 rings (SSSR count). The third-order valence-corrected chi connectivity index (χ3v) is 6.15. The Morgan fingerprint density at radius 1 is 1.46 bits per heavy atom. The van der Waals surface area contributed by atoms with Crippen LogP contribution < -0.4 is 16.4 Å². The van der Waals surface area contributed by atoms with Crippen LogP contribution in [0.2, 0.25) is 0 Å². The van der Waals surface area contributed by atoms with Crippen molar-refractivity contribution in [3.63, 3.8) is 0 Å². The fourth-order valence-electron chi connectivity index (χ4n) is 3.47. The number of hydrogen-bond acceptors (Lipinski definition) is 5. The summed E-state index contributed by atoms with van der Waals surface area (Å²) in [5.41, 5.74) is 6.65. The number of carbonyl (C=O) groups excluding carboxylic acids is 2. The van der Waals surface area contributed by atoms with Gasteiger partial charge in [-0.05, 0) is 45.2 Å². The summed E-state index contributed by atoms with van der Waals surface area (Å²) in [6.07, 6.45) is 3.09. The number of nitrogens with zero attached hydrogens (tertiary/aromatic N) is 2. The number of nitrogens with one attached hydrogen (secondary N) is 2. The monoisotopic (exact) mass is 399 g/mol. The van der Waals surface area contributed by atoms with Gasteiger partial charge in [-0.2, -0.15) is 5.10 Å². The highest BCUT2D eigenvalue weighted by Crippen LogP contribution is 2.27. The van der Waals surface area contributed by atoms with Gasteiger partial charge in [-0.15, -0.1) is 23.7 Å².